The van der Waals surface area contributed by atoms with Gasteiger partial charge in [-0.15, -0.1) is 0 Å². The Kier molecular flexibility index (Phi) is 5.46. The largest absolute Gasteiger partial charge is 0.465 e. The van der Waals surface area contributed by atoms with Crippen LogP contribution in [0.4, 0.5) is 0 Å². The molecular weight excluding hydrogens is 228 g/mol. The number of ether oxygens (including phenoxy) is 1. The molecule has 0 aliphatic carbocycles. The molecule has 94 valence electrons. The summed E-state index contributed by atoms with van der Waals surface area (Å²) < 4.78 is 4.51. The third-order valence-electron chi connectivity index (χ3n) is 2.56. The first-order valence-electron chi connectivity index (χ1n) is 5.72. The Morgan fingerprint density at radius 3 is 2.67 bits per heavy atom. The SMILES string of the molecule is CCC(N/C=C(/C#N)C(=O)OC)c1ccccc1. The zero-order chi connectivity index (χ0) is 13.4. The Labute approximate surface area is 107 Å². The Bertz CT molecular complexity index is 460. The minimum atomic E-state index is -0.632. The minimum Gasteiger partial charge on any atom is -0.465 e. The maximum atomic E-state index is 11.2. The summed E-state index contributed by atoms with van der Waals surface area (Å²) in [5.74, 6) is -0.632. The molecule has 1 aromatic carbocycles. The summed E-state index contributed by atoms with van der Waals surface area (Å²) in [6.45, 7) is 2.03. The average Bonchev–Trinajstić information content (AvgIpc) is 2.44. The van der Waals surface area contributed by atoms with E-state index >= 15 is 0 Å². The van der Waals surface area contributed by atoms with Gasteiger partial charge in [-0.05, 0) is 12.0 Å². The van der Waals surface area contributed by atoms with Gasteiger partial charge in [-0.25, -0.2) is 4.79 Å². The van der Waals surface area contributed by atoms with Crippen LogP contribution in [0.5, 0.6) is 0 Å². The normalized spacial score (nSPS) is 12.4. The summed E-state index contributed by atoms with van der Waals surface area (Å²) in [4.78, 5) is 11.2. The molecule has 18 heavy (non-hydrogen) atoms. The molecule has 0 amide bonds. The second-order valence-electron chi connectivity index (χ2n) is 3.70. The number of carbonyl (C=O) groups excluding carboxylic acids is 1. The van der Waals surface area contributed by atoms with Crippen LogP contribution in [0.25, 0.3) is 0 Å². The average molecular weight is 244 g/mol. The van der Waals surface area contributed by atoms with Crippen molar-refractivity contribution in [2.24, 2.45) is 0 Å². The van der Waals surface area contributed by atoms with Crippen LogP contribution in [0, 0.1) is 11.3 Å². The number of rotatable bonds is 5. The summed E-state index contributed by atoms with van der Waals surface area (Å²) in [5.41, 5.74) is 1.07. The van der Waals surface area contributed by atoms with E-state index in [0.29, 0.717) is 0 Å². The van der Waals surface area contributed by atoms with Gasteiger partial charge >= 0.3 is 5.97 Å². The van der Waals surface area contributed by atoms with Crippen LogP contribution >= 0.6 is 0 Å². The zero-order valence-electron chi connectivity index (χ0n) is 10.5. The topological polar surface area (TPSA) is 62.1 Å². The Hall–Kier alpha value is -2.28. The molecule has 0 saturated carbocycles. The number of hydrogen-bond acceptors (Lipinski definition) is 4. The Balaban J connectivity index is 2.79. The summed E-state index contributed by atoms with van der Waals surface area (Å²) in [6, 6.07) is 11.7. The number of nitrogens with one attached hydrogen (secondary N) is 1. The number of carbonyl (C=O) groups is 1. The maximum Gasteiger partial charge on any atom is 0.350 e. The standard InChI is InChI=1S/C14H16N2O2/c1-3-13(11-7-5-4-6-8-11)16-10-12(9-15)14(17)18-2/h4-8,10,13,16H,3H2,1-2H3/b12-10-. The van der Waals surface area contributed by atoms with Gasteiger partial charge < -0.3 is 10.1 Å². The smallest absolute Gasteiger partial charge is 0.350 e. The van der Waals surface area contributed by atoms with Crippen molar-refractivity contribution < 1.29 is 9.53 Å². The maximum absolute atomic E-state index is 11.2. The van der Waals surface area contributed by atoms with Gasteiger partial charge in [0.05, 0.1) is 13.2 Å². The van der Waals surface area contributed by atoms with Crippen LogP contribution in [-0.4, -0.2) is 13.1 Å². The third-order valence-corrected chi connectivity index (χ3v) is 2.56. The fourth-order valence-electron chi connectivity index (χ4n) is 1.57. The molecule has 0 aliphatic rings. The molecule has 0 radical (unpaired) electrons. The third kappa shape index (κ3) is 3.63. The van der Waals surface area contributed by atoms with E-state index in [4.69, 9.17) is 5.26 Å². The first-order chi connectivity index (χ1) is 8.72. The van der Waals surface area contributed by atoms with Crippen molar-refractivity contribution in [1.82, 2.24) is 5.32 Å². The number of nitrogens with zero attached hydrogens (tertiary/aromatic N) is 1. The number of methoxy groups -OCH3 is 1. The van der Waals surface area contributed by atoms with E-state index in [0.717, 1.165) is 12.0 Å². The molecule has 1 aromatic rings. The number of benzene rings is 1. The van der Waals surface area contributed by atoms with Crippen molar-refractivity contribution in [2.75, 3.05) is 7.11 Å². The Morgan fingerprint density at radius 1 is 1.50 bits per heavy atom. The molecule has 0 fully saturated rings. The van der Waals surface area contributed by atoms with Gasteiger partial charge in [0.1, 0.15) is 6.07 Å². The molecular formula is C14H16N2O2. The van der Waals surface area contributed by atoms with Crippen LogP contribution in [-0.2, 0) is 9.53 Å². The summed E-state index contributed by atoms with van der Waals surface area (Å²) in [6.07, 6.45) is 2.26. The van der Waals surface area contributed by atoms with Crippen LogP contribution in [0.1, 0.15) is 24.9 Å². The lowest BCUT2D eigenvalue weighted by molar-refractivity contribution is -0.135. The van der Waals surface area contributed by atoms with E-state index in [-0.39, 0.29) is 11.6 Å². The molecule has 1 unspecified atom stereocenters. The lowest BCUT2D eigenvalue weighted by Gasteiger charge is -2.15. The van der Waals surface area contributed by atoms with Gasteiger partial charge in [0.2, 0.25) is 0 Å². The van der Waals surface area contributed by atoms with E-state index in [9.17, 15) is 4.79 Å². The quantitative estimate of drug-likeness (QED) is 0.490. The molecule has 1 atom stereocenters. The first-order valence-corrected chi connectivity index (χ1v) is 5.72. The van der Waals surface area contributed by atoms with Crippen LogP contribution < -0.4 is 5.32 Å². The monoisotopic (exact) mass is 244 g/mol. The van der Waals surface area contributed by atoms with Gasteiger partial charge in [-0.1, -0.05) is 37.3 Å². The van der Waals surface area contributed by atoms with E-state index in [1.165, 1.54) is 13.3 Å². The molecule has 0 bridgehead atoms. The predicted molar refractivity (Wildman–Crippen MR) is 68.3 cm³/mol. The lowest BCUT2D eigenvalue weighted by atomic mass is 10.1. The highest BCUT2D eigenvalue weighted by molar-refractivity contribution is 5.92. The van der Waals surface area contributed by atoms with Gasteiger partial charge in [-0.2, -0.15) is 5.26 Å². The molecule has 4 heteroatoms. The summed E-state index contributed by atoms with van der Waals surface area (Å²) in [7, 11) is 1.25. The Morgan fingerprint density at radius 2 is 2.17 bits per heavy atom. The highest BCUT2D eigenvalue weighted by Crippen LogP contribution is 2.16. The van der Waals surface area contributed by atoms with Crippen LogP contribution in [0.2, 0.25) is 0 Å². The van der Waals surface area contributed by atoms with Gasteiger partial charge in [0.25, 0.3) is 0 Å². The van der Waals surface area contributed by atoms with Crippen molar-refractivity contribution >= 4 is 5.97 Å². The van der Waals surface area contributed by atoms with Gasteiger partial charge in [0, 0.05) is 6.20 Å². The molecule has 1 rings (SSSR count). The van der Waals surface area contributed by atoms with Crippen molar-refractivity contribution in [3.8, 4) is 6.07 Å². The van der Waals surface area contributed by atoms with Crippen LogP contribution in [0.15, 0.2) is 42.1 Å². The first kappa shape index (κ1) is 13.8. The number of nitriles is 1. The zero-order valence-corrected chi connectivity index (χ0v) is 10.5. The fraction of sp³-hybridized carbons (Fsp3) is 0.286. The van der Waals surface area contributed by atoms with E-state index in [1.807, 2.05) is 43.3 Å². The molecule has 4 nitrogen and oxygen atoms in total. The number of hydrogen-bond donors (Lipinski definition) is 1. The number of esters is 1. The molecule has 1 N–H and O–H groups in total. The second kappa shape index (κ2) is 7.13. The molecule has 0 saturated heterocycles. The highest BCUT2D eigenvalue weighted by atomic mass is 16.5. The van der Waals surface area contributed by atoms with E-state index < -0.39 is 5.97 Å². The fourth-order valence-corrected chi connectivity index (χ4v) is 1.57. The van der Waals surface area contributed by atoms with Gasteiger partial charge in [-0.3, -0.25) is 0 Å². The van der Waals surface area contributed by atoms with Crippen molar-refractivity contribution in [1.29, 1.82) is 5.26 Å². The van der Waals surface area contributed by atoms with Crippen molar-refractivity contribution in [3.05, 3.63) is 47.7 Å². The minimum absolute atomic E-state index is 0.0353. The molecule has 0 aliphatic heterocycles. The predicted octanol–water partition coefficient (Wildman–Crippen LogP) is 2.31. The lowest BCUT2D eigenvalue weighted by Crippen LogP contribution is -2.17. The summed E-state index contributed by atoms with van der Waals surface area (Å²) in [5, 5.41) is 11.9. The van der Waals surface area contributed by atoms with E-state index in [2.05, 4.69) is 10.1 Å². The van der Waals surface area contributed by atoms with E-state index in [1.54, 1.807) is 0 Å². The van der Waals surface area contributed by atoms with Crippen LogP contribution in [0.3, 0.4) is 0 Å². The van der Waals surface area contributed by atoms with Crippen molar-refractivity contribution in [3.63, 3.8) is 0 Å². The second-order valence-corrected chi connectivity index (χ2v) is 3.70. The summed E-state index contributed by atoms with van der Waals surface area (Å²) >= 11 is 0. The van der Waals surface area contributed by atoms with Crippen molar-refractivity contribution in [2.45, 2.75) is 19.4 Å². The molecule has 0 heterocycles. The van der Waals surface area contributed by atoms with Gasteiger partial charge in [0.15, 0.2) is 5.57 Å². The molecule has 0 spiro atoms. The molecule has 0 aromatic heterocycles. The highest BCUT2D eigenvalue weighted by Gasteiger charge is 2.11.